The smallest absolute Gasteiger partial charge is 0.164 e. The van der Waals surface area contributed by atoms with Crippen LogP contribution in [-0.4, -0.2) is 15.0 Å². The van der Waals surface area contributed by atoms with Gasteiger partial charge < -0.3 is 4.42 Å². The number of fused-ring (bicyclic) bond motifs is 3. The molecule has 0 fully saturated rings. The van der Waals surface area contributed by atoms with E-state index in [2.05, 4.69) is 140 Å². The fourth-order valence-corrected chi connectivity index (χ4v) is 8.35. The summed E-state index contributed by atoms with van der Waals surface area (Å²) in [6, 6.07) is 77.0. The van der Waals surface area contributed by atoms with E-state index in [1.807, 2.05) is 84.9 Å². The Kier molecular flexibility index (Phi) is 9.50. The van der Waals surface area contributed by atoms with Crippen molar-refractivity contribution in [1.29, 1.82) is 5.26 Å². The topological polar surface area (TPSA) is 75.6 Å². The van der Waals surface area contributed by atoms with Gasteiger partial charge in [-0.25, -0.2) is 15.0 Å². The Hall–Kier alpha value is -8.72. The van der Waals surface area contributed by atoms with Crippen LogP contribution in [0.1, 0.15) is 5.56 Å². The Morgan fingerprint density at radius 2 is 0.746 bits per heavy atom. The standard InChI is InChI=1S/C58H36N4O/c59-37-38-10-7-15-47(34-38)43-26-30-46(31-27-43)56-60-57(49-17-8-16-48(35-49)44-22-20-41(21-23-44)39-11-3-1-4-12-39)62-58(61-56)50-32-33-52-54(36-50)63-53-19-9-18-51(55(52)53)45-28-24-42(25-29-45)40-13-5-2-6-14-40/h1-36H. The van der Waals surface area contributed by atoms with Crippen LogP contribution < -0.4 is 0 Å². The zero-order chi connectivity index (χ0) is 42.1. The molecule has 0 bridgehead atoms. The van der Waals surface area contributed by atoms with E-state index in [9.17, 15) is 5.26 Å². The number of hydrogen-bond acceptors (Lipinski definition) is 5. The molecule has 0 saturated heterocycles. The average molecular weight is 805 g/mol. The van der Waals surface area contributed by atoms with Crippen molar-refractivity contribution >= 4 is 21.9 Å². The van der Waals surface area contributed by atoms with Gasteiger partial charge in [0.2, 0.25) is 0 Å². The summed E-state index contributed by atoms with van der Waals surface area (Å²) in [4.78, 5) is 15.3. The zero-order valence-electron chi connectivity index (χ0n) is 34.0. The minimum Gasteiger partial charge on any atom is -0.456 e. The molecule has 9 aromatic carbocycles. The Morgan fingerprint density at radius 1 is 0.317 bits per heavy atom. The summed E-state index contributed by atoms with van der Waals surface area (Å²) < 4.78 is 6.58. The van der Waals surface area contributed by atoms with Gasteiger partial charge in [-0.15, -0.1) is 0 Å². The van der Waals surface area contributed by atoms with Gasteiger partial charge in [-0.2, -0.15) is 5.26 Å². The summed E-state index contributed by atoms with van der Waals surface area (Å²) in [5, 5.41) is 11.6. The molecule has 2 aromatic heterocycles. The lowest BCUT2D eigenvalue weighted by molar-refractivity contribution is 0.669. The second-order valence-electron chi connectivity index (χ2n) is 15.5. The van der Waals surface area contributed by atoms with Crippen LogP contribution in [0.4, 0.5) is 0 Å². The first-order valence-electron chi connectivity index (χ1n) is 20.9. The first-order chi connectivity index (χ1) is 31.1. The Balaban J connectivity index is 0.992. The molecule has 294 valence electrons. The van der Waals surface area contributed by atoms with Crippen molar-refractivity contribution in [2.45, 2.75) is 0 Å². The molecule has 5 heteroatoms. The molecule has 0 unspecified atom stereocenters. The Morgan fingerprint density at radius 3 is 1.35 bits per heavy atom. The molecule has 2 heterocycles. The van der Waals surface area contributed by atoms with Crippen LogP contribution in [0, 0.1) is 11.3 Å². The van der Waals surface area contributed by atoms with Crippen LogP contribution in [0.3, 0.4) is 0 Å². The highest BCUT2D eigenvalue weighted by atomic mass is 16.3. The van der Waals surface area contributed by atoms with Gasteiger partial charge in [0.1, 0.15) is 11.2 Å². The van der Waals surface area contributed by atoms with E-state index < -0.39 is 0 Å². The molecule has 0 aliphatic carbocycles. The Labute approximate surface area is 364 Å². The summed E-state index contributed by atoms with van der Waals surface area (Å²) >= 11 is 0. The average Bonchev–Trinajstić information content (AvgIpc) is 3.75. The minimum absolute atomic E-state index is 0.539. The van der Waals surface area contributed by atoms with E-state index in [4.69, 9.17) is 19.4 Å². The number of aromatic nitrogens is 3. The fourth-order valence-electron chi connectivity index (χ4n) is 8.35. The predicted molar refractivity (Wildman–Crippen MR) is 255 cm³/mol. The van der Waals surface area contributed by atoms with Crippen molar-refractivity contribution in [2.75, 3.05) is 0 Å². The van der Waals surface area contributed by atoms with Crippen LogP contribution in [0.15, 0.2) is 223 Å². The first-order valence-corrected chi connectivity index (χ1v) is 20.9. The van der Waals surface area contributed by atoms with E-state index >= 15 is 0 Å². The summed E-state index contributed by atoms with van der Waals surface area (Å²) in [6.45, 7) is 0. The summed E-state index contributed by atoms with van der Waals surface area (Å²) in [5.74, 6) is 1.66. The van der Waals surface area contributed by atoms with E-state index in [1.165, 1.54) is 22.3 Å². The number of nitrogens with zero attached hydrogens (tertiary/aromatic N) is 4. The van der Waals surface area contributed by atoms with Crippen molar-refractivity contribution in [3.8, 4) is 95.9 Å². The van der Waals surface area contributed by atoms with Crippen LogP contribution >= 0.6 is 0 Å². The van der Waals surface area contributed by atoms with Gasteiger partial charge in [-0.05, 0) is 92.0 Å². The quantitative estimate of drug-likeness (QED) is 0.153. The largest absolute Gasteiger partial charge is 0.456 e. The molecule has 0 saturated carbocycles. The number of rotatable bonds is 8. The van der Waals surface area contributed by atoms with Crippen molar-refractivity contribution in [2.24, 2.45) is 0 Å². The monoisotopic (exact) mass is 804 g/mol. The van der Waals surface area contributed by atoms with E-state index in [0.29, 0.717) is 23.0 Å². The summed E-state index contributed by atoms with van der Waals surface area (Å²) in [6.07, 6.45) is 0. The third-order valence-corrected chi connectivity index (χ3v) is 11.6. The molecular weight excluding hydrogens is 769 g/mol. The minimum atomic E-state index is 0.539. The molecule has 0 N–H and O–H groups in total. The fraction of sp³-hybridized carbons (Fsp3) is 0. The number of nitriles is 1. The SMILES string of the molecule is N#Cc1cccc(-c2ccc(-c3nc(-c4cccc(-c5ccc(-c6ccccc6)cc5)c4)nc(-c4ccc5c(c4)oc4cccc(-c6ccc(-c7ccccc7)cc6)c45)n3)cc2)c1. The van der Waals surface area contributed by atoms with Crippen LogP contribution in [0.5, 0.6) is 0 Å². The van der Waals surface area contributed by atoms with Gasteiger partial charge in [0.15, 0.2) is 17.5 Å². The molecule has 0 amide bonds. The highest BCUT2D eigenvalue weighted by molar-refractivity contribution is 6.13. The number of furan rings is 1. The number of hydrogen-bond donors (Lipinski definition) is 0. The third-order valence-electron chi connectivity index (χ3n) is 11.6. The van der Waals surface area contributed by atoms with Gasteiger partial charge in [-0.3, -0.25) is 0 Å². The maximum atomic E-state index is 9.50. The number of benzene rings is 9. The lowest BCUT2D eigenvalue weighted by Crippen LogP contribution is -2.00. The van der Waals surface area contributed by atoms with Crippen LogP contribution in [0.25, 0.3) is 112 Å². The van der Waals surface area contributed by atoms with Gasteiger partial charge in [0.05, 0.1) is 11.6 Å². The predicted octanol–water partition coefficient (Wildman–Crippen LogP) is 15.0. The highest BCUT2D eigenvalue weighted by Gasteiger charge is 2.18. The van der Waals surface area contributed by atoms with E-state index in [0.717, 1.165) is 72.0 Å². The summed E-state index contributed by atoms with van der Waals surface area (Å²) in [7, 11) is 0. The Bertz CT molecular complexity index is 3480. The van der Waals surface area contributed by atoms with Crippen molar-refractivity contribution in [3.63, 3.8) is 0 Å². The van der Waals surface area contributed by atoms with Gasteiger partial charge in [0, 0.05) is 27.5 Å². The van der Waals surface area contributed by atoms with Crippen molar-refractivity contribution in [1.82, 2.24) is 15.0 Å². The molecule has 0 atom stereocenters. The molecule has 63 heavy (non-hydrogen) atoms. The van der Waals surface area contributed by atoms with Crippen LogP contribution in [-0.2, 0) is 0 Å². The lowest BCUT2D eigenvalue weighted by atomic mass is 9.96. The molecular formula is C58H36N4O. The normalized spacial score (nSPS) is 11.2. The lowest BCUT2D eigenvalue weighted by Gasteiger charge is -2.11. The first kappa shape index (κ1) is 37.3. The highest BCUT2D eigenvalue weighted by Crippen LogP contribution is 2.39. The molecule has 0 aliphatic heterocycles. The molecule has 0 spiro atoms. The van der Waals surface area contributed by atoms with E-state index in [-0.39, 0.29) is 0 Å². The van der Waals surface area contributed by atoms with Crippen molar-refractivity contribution in [3.05, 3.63) is 224 Å². The molecule has 5 nitrogen and oxygen atoms in total. The van der Waals surface area contributed by atoms with Gasteiger partial charge in [-0.1, -0.05) is 182 Å². The summed E-state index contributed by atoms with van der Waals surface area (Å²) in [5.41, 5.74) is 15.8. The zero-order valence-corrected chi connectivity index (χ0v) is 34.0. The second kappa shape index (κ2) is 16.0. The molecule has 11 rings (SSSR count). The van der Waals surface area contributed by atoms with Crippen LogP contribution in [0.2, 0.25) is 0 Å². The van der Waals surface area contributed by atoms with Gasteiger partial charge >= 0.3 is 0 Å². The maximum absolute atomic E-state index is 9.50. The van der Waals surface area contributed by atoms with E-state index in [1.54, 1.807) is 0 Å². The van der Waals surface area contributed by atoms with Crippen molar-refractivity contribution < 1.29 is 4.42 Å². The van der Waals surface area contributed by atoms with Gasteiger partial charge in [0.25, 0.3) is 0 Å². The maximum Gasteiger partial charge on any atom is 0.164 e. The third kappa shape index (κ3) is 7.33. The molecule has 0 radical (unpaired) electrons. The molecule has 11 aromatic rings. The second-order valence-corrected chi connectivity index (χ2v) is 15.5. The molecule has 0 aliphatic rings.